The van der Waals surface area contributed by atoms with Gasteiger partial charge in [0.05, 0.1) is 23.2 Å². The lowest BCUT2D eigenvalue weighted by Crippen LogP contribution is -2.51. The molecule has 0 aliphatic carbocycles. The second-order valence-corrected chi connectivity index (χ2v) is 8.37. The van der Waals surface area contributed by atoms with E-state index >= 15 is 0 Å². The molecule has 1 fully saturated rings. The summed E-state index contributed by atoms with van der Waals surface area (Å²) in [6.07, 6.45) is 2.42. The molecule has 0 saturated carbocycles. The van der Waals surface area contributed by atoms with Crippen LogP contribution in [0.15, 0.2) is 42.6 Å². The second-order valence-electron chi connectivity index (χ2n) is 8.37. The number of pyridine rings is 1. The van der Waals surface area contributed by atoms with Crippen molar-refractivity contribution in [2.45, 2.75) is 19.4 Å². The maximum atomic E-state index is 13.0. The van der Waals surface area contributed by atoms with Crippen molar-refractivity contribution in [1.82, 2.24) is 20.1 Å². The van der Waals surface area contributed by atoms with Gasteiger partial charge in [-0.3, -0.25) is 29.6 Å². The predicted molar refractivity (Wildman–Crippen MR) is 131 cm³/mol. The number of hydrogen-bond acceptors (Lipinski definition) is 8. The summed E-state index contributed by atoms with van der Waals surface area (Å²) in [4.78, 5) is 44.2. The lowest BCUT2D eigenvalue weighted by molar-refractivity contribution is -0.384. The van der Waals surface area contributed by atoms with Gasteiger partial charge in [0.15, 0.2) is 0 Å². The first-order chi connectivity index (χ1) is 16.9. The number of benzene rings is 1. The molecule has 1 aromatic carbocycles. The number of piperazine rings is 1. The van der Waals surface area contributed by atoms with E-state index < -0.39 is 4.92 Å². The van der Waals surface area contributed by atoms with Gasteiger partial charge in [-0.2, -0.15) is 0 Å². The molecule has 3 rings (SSSR count). The number of nitrogens with one attached hydrogen (secondary N) is 2. The Hall–Kier alpha value is -3.57. The fourth-order valence-corrected chi connectivity index (χ4v) is 3.87. The van der Waals surface area contributed by atoms with Crippen molar-refractivity contribution in [3.63, 3.8) is 0 Å². The van der Waals surface area contributed by atoms with Crippen LogP contribution in [0.2, 0.25) is 0 Å². The van der Waals surface area contributed by atoms with Crippen LogP contribution in [0.1, 0.15) is 35.4 Å². The van der Waals surface area contributed by atoms with Crippen LogP contribution in [0, 0.1) is 10.1 Å². The lowest BCUT2D eigenvalue weighted by atomic mass is 10.1. The smallest absolute Gasteiger partial charge is 0.293 e. The number of ether oxygens (including phenoxy) is 1. The van der Waals surface area contributed by atoms with E-state index in [9.17, 15) is 19.7 Å². The van der Waals surface area contributed by atoms with Crippen LogP contribution in [0.4, 0.5) is 11.4 Å². The number of nitro benzene ring substituents is 1. The number of amides is 2. The molecule has 0 spiro atoms. The Morgan fingerprint density at radius 2 is 1.97 bits per heavy atom. The fraction of sp³-hybridized carbons (Fsp3) is 0.458. The van der Waals surface area contributed by atoms with E-state index in [0.717, 1.165) is 12.1 Å². The quantitative estimate of drug-likeness (QED) is 0.282. The molecule has 1 aromatic heterocycles. The Balaban J connectivity index is 1.57. The van der Waals surface area contributed by atoms with Crippen molar-refractivity contribution in [2.24, 2.45) is 0 Å². The van der Waals surface area contributed by atoms with E-state index in [1.807, 2.05) is 24.0 Å². The maximum absolute atomic E-state index is 13.0. The number of anilines is 1. The first kappa shape index (κ1) is 26.0. The zero-order valence-electron chi connectivity index (χ0n) is 20.1. The average Bonchev–Trinajstić information content (AvgIpc) is 2.87. The van der Waals surface area contributed by atoms with Gasteiger partial charge in [-0.1, -0.05) is 6.07 Å². The number of carbonyl (C=O) groups excluding carboxylic acids is 2. The highest BCUT2D eigenvalue weighted by atomic mass is 16.6. The molecular weight excluding hydrogens is 452 g/mol. The summed E-state index contributed by atoms with van der Waals surface area (Å²) in [5.74, 6) is -0.319. The van der Waals surface area contributed by atoms with Gasteiger partial charge in [0.1, 0.15) is 5.69 Å². The SMILES string of the molecule is COCCCNC(=O)CN1CCN(C(=O)c2ccc(NC(C)c3ccccn3)c([N+](=O)[O-])c2)CC1. The molecule has 1 saturated heterocycles. The number of nitro groups is 1. The molecule has 188 valence electrons. The highest BCUT2D eigenvalue weighted by Crippen LogP contribution is 2.29. The van der Waals surface area contributed by atoms with Crippen LogP contribution >= 0.6 is 0 Å². The third-order valence-electron chi connectivity index (χ3n) is 5.82. The number of methoxy groups -OCH3 is 1. The van der Waals surface area contributed by atoms with E-state index in [4.69, 9.17) is 4.74 Å². The van der Waals surface area contributed by atoms with Crippen molar-refractivity contribution in [1.29, 1.82) is 0 Å². The van der Waals surface area contributed by atoms with E-state index in [2.05, 4.69) is 15.6 Å². The van der Waals surface area contributed by atoms with Crippen molar-refractivity contribution < 1.29 is 19.2 Å². The second kappa shape index (κ2) is 12.8. The molecule has 0 radical (unpaired) electrons. The van der Waals surface area contributed by atoms with Gasteiger partial charge in [0.25, 0.3) is 11.6 Å². The molecule has 1 aliphatic heterocycles. The molecular formula is C24H32N6O5. The van der Waals surface area contributed by atoms with Gasteiger partial charge >= 0.3 is 0 Å². The molecule has 1 unspecified atom stereocenters. The van der Waals surface area contributed by atoms with E-state index in [0.29, 0.717) is 45.0 Å². The Labute approximate surface area is 204 Å². The van der Waals surface area contributed by atoms with E-state index in [-0.39, 0.29) is 35.7 Å². The van der Waals surface area contributed by atoms with Crippen LogP contribution in [0.3, 0.4) is 0 Å². The summed E-state index contributed by atoms with van der Waals surface area (Å²) in [6.45, 7) is 5.30. The minimum absolute atomic E-state index is 0.0560. The minimum atomic E-state index is -0.493. The number of aromatic nitrogens is 1. The van der Waals surface area contributed by atoms with E-state index in [1.54, 1.807) is 36.4 Å². The Morgan fingerprint density at radius 1 is 1.20 bits per heavy atom. The lowest BCUT2D eigenvalue weighted by Gasteiger charge is -2.34. The van der Waals surface area contributed by atoms with Crippen molar-refractivity contribution in [2.75, 3.05) is 58.3 Å². The number of nitrogens with zero attached hydrogens (tertiary/aromatic N) is 4. The molecule has 2 amide bonds. The van der Waals surface area contributed by atoms with Crippen molar-refractivity contribution in [3.05, 3.63) is 64.0 Å². The predicted octanol–water partition coefficient (Wildman–Crippen LogP) is 2.07. The van der Waals surface area contributed by atoms with Crippen molar-refractivity contribution in [3.8, 4) is 0 Å². The average molecular weight is 485 g/mol. The van der Waals surface area contributed by atoms with Gasteiger partial charge in [-0.15, -0.1) is 0 Å². The molecule has 11 nitrogen and oxygen atoms in total. The van der Waals surface area contributed by atoms with Crippen molar-refractivity contribution >= 4 is 23.2 Å². The molecule has 2 heterocycles. The standard InChI is InChI=1S/C24H32N6O5/c1-18(20-6-3-4-9-25-20)27-21-8-7-19(16-22(21)30(33)34)24(32)29-13-11-28(12-14-29)17-23(31)26-10-5-15-35-2/h3-4,6-9,16,18,27H,5,10-15,17H2,1-2H3,(H,26,31). The summed E-state index contributed by atoms with van der Waals surface area (Å²) in [5.41, 5.74) is 1.17. The molecule has 1 aliphatic rings. The summed E-state index contributed by atoms with van der Waals surface area (Å²) >= 11 is 0. The normalized spacial score (nSPS) is 14.9. The Kier molecular flexibility index (Phi) is 9.50. The van der Waals surface area contributed by atoms with Gasteiger partial charge in [0, 0.05) is 64.3 Å². The number of carbonyl (C=O) groups is 2. The van der Waals surface area contributed by atoms with Crippen LogP contribution in [0.5, 0.6) is 0 Å². The van der Waals surface area contributed by atoms with Gasteiger partial charge in [-0.25, -0.2) is 0 Å². The van der Waals surface area contributed by atoms with E-state index in [1.165, 1.54) is 6.07 Å². The maximum Gasteiger partial charge on any atom is 0.293 e. The highest BCUT2D eigenvalue weighted by molar-refractivity contribution is 5.96. The summed E-state index contributed by atoms with van der Waals surface area (Å²) < 4.78 is 4.96. The number of hydrogen-bond donors (Lipinski definition) is 2. The topological polar surface area (TPSA) is 130 Å². The molecule has 11 heteroatoms. The summed E-state index contributed by atoms with van der Waals surface area (Å²) in [7, 11) is 1.62. The summed E-state index contributed by atoms with van der Waals surface area (Å²) in [5, 5.41) is 17.7. The fourth-order valence-electron chi connectivity index (χ4n) is 3.87. The zero-order valence-corrected chi connectivity index (χ0v) is 20.1. The Morgan fingerprint density at radius 3 is 2.63 bits per heavy atom. The summed E-state index contributed by atoms with van der Waals surface area (Å²) in [6, 6.07) is 9.73. The molecule has 0 bridgehead atoms. The van der Waals surface area contributed by atoms with Crippen LogP contribution in [-0.4, -0.2) is 84.5 Å². The number of rotatable bonds is 11. The highest BCUT2D eigenvalue weighted by Gasteiger charge is 2.26. The first-order valence-electron chi connectivity index (χ1n) is 11.6. The van der Waals surface area contributed by atoms with Crippen LogP contribution < -0.4 is 10.6 Å². The molecule has 2 N–H and O–H groups in total. The molecule has 1 atom stereocenters. The molecule has 35 heavy (non-hydrogen) atoms. The largest absolute Gasteiger partial charge is 0.385 e. The third kappa shape index (κ3) is 7.46. The minimum Gasteiger partial charge on any atom is -0.385 e. The van der Waals surface area contributed by atoms with Gasteiger partial charge in [0.2, 0.25) is 5.91 Å². The first-order valence-corrected chi connectivity index (χ1v) is 11.6. The third-order valence-corrected chi connectivity index (χ3v) is 5.82. The van der Waals surface area contributed by atoms with Crippen LogP contribution in [-0.2, 0) is 9.53 Å². The van der Waals surface area contributed by atoms with Gasteiger partial charge in [-0.05, 0) is 37.6 Å². The Bertz CT molecular complexity index is 1010. The van der Waals surface area contributed by atoms with Gasteiger partial charge < -0.3 is 20.3 Å². The zero-order chi connectivity index (χ0) is 25.2. The monoisotopic (exact) mass is 484 g/mol. The molecule has 2 aromatic rings. The van der Waals surface area contributed by atoms with Crippen LogP contribution in [0.25, 0.3) is 0 Å².